The Bertz CT molecular complexity index is 622. The van der Waals surface area contributed by atoms with Gasteiger partial charge in [-0.05, 0) is 44.5 Å². The van der Waals surface area contributed by atoms with E-state index in [0.717, 1.165) is 5.56 Å². The second-order valence-corrected chi connectivity index (χ2v) is 5.85. The van der Waals surface area contributed by atoms with Gasteiger partial charge in [0.1, 0.15) is 12.1 Å². The molecule has 0 aliphatic carbocycles. The normalized spacial score (nSPS) is 11.0. The lowest BCUT2D eigenvalue weighted by atomic mass is 10.1. The van der Waals surface area contributed by atoms with Crippen LogP contribution in [0, 0.1) is 11.3 Å². The molecule has 0 N–H and O–H groups in total. The summed E-state index contributed by atoms with van der Waals surface area (Å²) >= 11 is 0. The summed E-state index contributed by atoms with van der Waals surface area (Å²) in [5.74, 6) is -0.767. The predicted molar refractivity (Wildman–Crippen MR) is 83.7 cm³/mol. The van der Waals surface area contributed by atoms with Gasteiger partial charge >= 0.3 is 5.97 Å². The van der Waals surface area contributed by atoms with Gasteiger partial charge in [-0.1, -0.05) is 12.1 Å². The Morgan fingerprint density at radius 2 is 2.05 bits per heavy atom. The van der Waals surface area contributed by atoms with Crippen molar-refractivity contribution in [1.82, 2.24) is 4.90 Å². The number of carbonyl (C=O) groups is 2. The monoisotopic (exact) mass is 300 g/mol. The summed E-state index contributed by atoms with van der Waals surface area (Å²) in [6.45, 7) is 5.21. The summed E-state index contributed by atoms with van der Waals surface area (Å²) < 4.78 is 5.16. The molecule has 1 aromatic rings. The molecule has 0 aromatic heterocycles. The molecular weight excluding hydrogens is 280 g/mol. The number of nitrogens with zero attached hydrogens (tertiary/aromatic N) is 2. The first-order valence-electron chi connectivity index (χ1n) is 6.86. The molecule has 0 atom stereocenters. The summed E-state index contributed by atoms with van der Waals surface area (Å²) in [6, 6.07) is 8.93. The van der Waals surface area contributed by atoms with Crippen LogP contribution < -0.4 is 0 Å². The maximum absolute atomic E-state index is 11.9. The van der Waals surface area contributed by atoms with E-state index < -0.39 is 11.6 Å². The smallest absolute Gasteiger partial charge is 0.326 e. The van der Waals surface area contributed by atoms with E-state index in [1.807, 2.05) is 6.07 Å². The van der Waals surface area contributed by atoms with Crippen molar-refractivity contribution in [2.45, 2.75) is 26.4 Å². The predicted octanol–water partition coefficient (Wildman–Crippen LogP) is 2.37. The van der Waals surface area contributed by atoms with Gasteiger partial charge in [0.25, 0.3) is 0 Å². The lowest BCUT2D eigenvalue weighted by molar-refractivity contribution is -0.157. The molecule has 0 heterocycles. The third-order valence-electron chi connectivity index (χ3n) is 2.60. The van der Waals surface area contributed by atoms with Gasteiger partial charge < -0.3 is 9.64 Å². The summed E-state index contributed by atoms with van der Waals surface area (Å²) in [6.07, 6.45) is 2.97. The number of ether oxygens (including phenoxy) is 1. The molecule has 0 bridgehead atoms. The van der Waals surface area contributed by atoms with Gasteiger partial charge in [-0.2, -0.15) is 5.26 Å². The number of carbonyl (C=O) groups excluding carboxylic acids is 2. The van der Waals surface area contributed by atoms with E-state index in [4.69, 9.17) is 10.00 Å². The van der Waals surface area contributed by atoms with E-state index >= 15 is 0 Å². The first-order chi connectivity index (χ1) is 10.2. The number of nitriles is 1. The van der Waals surface area contributed by atoms with Crippen LogP contribution in [-0.2, 0) is 14.3 Å². The topological polar surface area (TPSA) is 70.4 Å². The van der Waals surface area contributed by atoms with Crippen molar-refractivity contribution in [3.63, 3.8) is 0 Å². The van der Waals surface area contributed by atoms with Crippen molar-refractivity contribution in [2.75, 3.05) is 13.6 Å². The number of hydrogen-bond acceptors (Lipinski definition) is 4. The van der Waals surface area contributed by atoms with Crippen molar-refractivity contribution < 1.29 is 14.3 Å². The number of hydrogen-bond donors (Lipinski definition) is 0. The van der Waals surface area contributed by atoms with Crippen molar-refractivity contribution >= 4 is 18.0 Å². The van der Waals surface area contributed by atoms with E-state index in [1.54, 1.807) is 51.1 Å². The Labute approximate surface area is 130 Å². The number of likely N-dealkylation sites (N-methyl/N-ethyl adjacent to an activating group) is 1. The molecule has 0 aliphatic heterocycles. The van der Waals surface area contributed by atoms with E-state index in [9.17, 15) is 9.59 Å². The Morgan fingerprint density at radius 1 is 1.36 bits per heavy atom. The lowest BCUT2D eigenvalue weighted by Crippen LogP contribution is -2.35. The molecule has 0 unspecified atom stereocenters. The zero-order valence-corrected chi connectivity index (χ0v) is 13.3. The summed E-state index contributed by atoms with van der Waals surface area (Å²) in [5, 5.41) is 8.82. The SMILES string of the molecule is CN(CC(=O)OC(C)(C)C)C(=O)C=Cc1cccc(C#N)c1. The van der Waals surface area contributed by atoms with Gasteiger partial charge in [0, 0.05) is 13.1 Å². The van der Waals surface area contributed by atoms with Crippen LogP contribution in [-0.4, -0.2) is 36.0 Å². The maximum Gasteiger partial charge on any atom is 0.326 e. The highest BCUT2D eigenvalue weighted by atomic mass is 16.6. The van der Waals surface area contributed by atoms with E-state index in [-0.39, 0.29) is 12.5 Å². The molecule has 0 aliphatic rings. The molecule has 116 valence electrons. The molecule has 1 aromatic carbocycles. The minimum Gasteiger partial charge on any atom is -0.459 e. The molecule has 22 heavy (non-hydrogen) atoms. The highest BCUT2D eigenvalue weighted by Crippen LogP contribution is 2.08. The van der Waals surface area contributed by atoms with Gasteiger partial charge in [-0.15, -0.1) is 0 Å². The molecule has 0 saturated heterocycles. The zero-order chi connectivity index (χ0) is 16.8. The summed E-state index contributed by atoms with van der Waals surface area (Å²) in [5.41, 5.74) is 0.698. The van der Waals surface area contributed by atoms with Crippen LogP contribution in [0.4, 0.5) is 0 Å². The molecule has 1 rings (SSSR count). The highest BCUT2D eigenvalue weighted by Gasteiger charge is 2.18. The second-order valence-electron chi connectivity index (χ2n) is 5.85. The van der Waals surface area contributed by atoms with Gasteiger partial charge in [-0.25, -0.2) is 0 Å². The maximum atomic E-state index is 11.9. The van der Waals surface area contributed by atoms with E-state index in [1.165, 1.54) is 18.0 Å². The van der Waals surface area contributed by atoms with Crippen molar-refractivity contribution in [1.29, 1.82) is 5.26 Å². The Hall–Kier alpha value is -2.61. The van der Waals surface area contributed by atoms with Gasteiger partial charge in [0.2, 0.25) is 5.91 Å². The first kappa shape index (κ1) is 17.4. The van der Waals surface area contributed by atoms with Crippen LogP contribution in [0.1, 0.15) is 31.9 Å². The zero-order valence-electron chi connectivity index (χ0n) is 13.3. The third kappa shape index (κ3) is 6.23. The highest BCUT2D eigenvalue weighted by molar-refractivity contribution is 5.93. The van der Waals surface area contributed by atoms with Crippen LogP contribution in [0.15, 0.2) is 30.3 Å². The fourth-order valence-electron chi connectivity index (χ4n) is 1.65. The standard InChI is InChI=1S/C17H20N2O3/c1-17(2,3)22-16(21)12-19(4)15(20)9-8-13-6-5-7-14(10-13)11-18/h5-10H,12H2,1-4H3. The number of benzene rings is 1. The Morgan fingerprint density at radius 3 is 2.64 bits per heavy atom. The van der Waals surface area contributed by atoms with Gasteiger partial charge in [0.05, 0.1) is 11.6 Å². The number of esters is 1. The van der Waals surface area contributed by atoms with Crippen LogP contribution in [0.3, 0.4) is 0 Å². The lowest BCUT2D eigenvalue weighted by Gasteiger charge is -2.22. The van der Waals surface area contributed by atoms with Crippen molar-refractivity contribution in [2.24, 2.45) is 0 Å². The minimum atomic E-state index is -0.575. The van der Waals surface area contributed by atoms with Crippen LogP contribution in [0.25, 0.3) is 6.08 Å². The molecule has 1 amide bonds. The van der Waals surface area contributed by atoms with Gasteiger partial charge in [-0.3, -0.25) is 9.59 Å². The fourth-order valence-corrected chi connectivity index (χ4v) is 1.65. The molecule has 0 saturated carbocycles. The van der Waals surface area contributed by atoms with Crippen molar-refractivity contribution in [3.05, 3.63) is 41.5 Å². The number of rotatable bonds is 4. The average Bonchev–Trinajstić information content (AvgIpc) is 2.42. The van der Waals surface area contributed by atoms with Crippen LogP contribution in [0.5, 0.6) is 0 Å². The Kier molecular flexibility index (Phi) is 5.88. The minimum absolute atomic E-state index is 0.112. The quantitative estimate of drug-likeness (QED) is 0.632. The van der Waals surface area contributed by atoms with Crippen molar-refractivity contribution in [3.8, 4) is 6.07 Å². The van der Waals surface area contributed by atoms with Crippen LogP contribution >= 0.6 is 0 Å². The Balaban J connectivity index is 2.62. The first-order valence-corrected chi connectivity index (χ1v) is 6.86. The summed E-state index contributed by atoms with van der Waals surface area (Å²) in [4.78, 5) is 24.9. The average molecular weight is 300 g/mol. The van der Waals surface area contributed by atoms with E-state index in [2.05, 4.69) is 0 Å². The van der Waals surface area contributed by atoms with E-state index in [0.29, 0.717) is 5.56 Å². The number of amides is 1. The molecule has 5 nitrogen and oxygen atoms in total. The molecule has 5 heteroatoms. The third-order valence-corrected chi connectivity index (χ3v) is 2.60. The molecule has 0 spiro atoms. The molecule has 0 radical (unpaired) electrons. The largest absolute Gasteiger partial charge is 0.459 e. The second kappa shape index (κ2) is 7.41. The van der Waals surface area contributed by atoms with Crippen LogP contribution in [0.2, 0.25) is 0 Å². The molecular formula is C17H20N2O3. The fraction of sp³-hybridized carbons (Fsp3) is 0.353. The molecule has 0 fully saturated rings. The van der Waals surface area contributed by atoms with Gasteiger partial charge in [0.15, 0.2) is 0 Å². The summed E-state index contributed by atoms with van der Waals surface area (Å²) in [7, 11) is 1.53.